The molecule has 1 N–H and O–H groups in total. The Morgan fingerprint density at radius 3 is 2.87 bits per heavy atom. The van der Waals surface area contributed by atoms with E-state index in [1.807, 2.05) is 6.92 Å². The Balaban J connectivity index is 2.80. The highest BCUT2D eigenvalue weighted by Crippen LogP contribution is 2.25. The first-order valence-corrected chi connectivity index (χ1v) is 5.69. The largest absolute Gasteiger partial charge is 0.328 e. The fraction of sp³-hybridized carbons (Fsp3) is 0.300. The molecule has 5 heteroatoms. The summed E-state index contributed by atoms with van der Waals surface area (Å²) in [6.07, 6.45) is 0. The van der Waals surface area contributed by atoms with Gasteiger partial charge in [-0.3, -0.25) is 0 Å². The predicted octanol–water partition coefficient (Wildman–Crippen LogP) is 3.59. The Bertz CT molecular complexity index is 370. The number of hydrogen-bond donors (Lipinski definition) is 1. The second kappa shape index (κ2) is 5.37. The third-order valence-electron chi connectivity index (χ3n) is 1.99. The maximum absolute atomic E-state index is 11.6. The average Bonchev–Trinajstić information content (AvgIpc) is 2.22. The lowest BCUT2D eigenvalue weighted by Crippen LogP contribution is -2.31. The summed E-state index contributed by atoms with van der Waals surface area (Å²) in [5.74, 6) is 0. The molecule has 0 aliphatic carbocycles. The van der Waals surface area contributed by atoms with Gasteiger partial charge in [0.05, 0.1) is 5.69 Å². The fourth-order valence-corrected chi connectivity index (χ4v) is 1.47. The first-order valence-electron chi connectivity index (χ1n) is 4.51. The quantitative estimate of drug-likeness (QED) is 0.887. The van der Waals surface area contributed by atoms with Crippen LogP contribution in [0, 0.1) is 0 Å². The number of amides is 2. The molecule has 0 saturated heterocycles. The molecule has 82 valence electrons. The zero-order chi connectivity index (χ0) is 11.4. The molecule has 2 amide bonds. The van der Waals surface area contributed by atoms with Crippen molar-refractivity contribution in [2.24, 2.45) is 0 Å². The number of rotatable bonds is 2. The number of anilines is 1. The molecule has 0 aliphatic heterocycles. The number of carbonyl (C=O) groups excluding carboxylic acids is 1. The third-order valence-corrected chi connectivity index (χ3v) is 2.92. The lowest BCUT2D eigenvalue weighted by Gasteiger charge is -2.16. The molecule has 0 atom stereocenters. The molecule has 0 aliphatic rings. The van der Waals surface area contributed by atoms with Crippen molar-refractivity contribution in [3.05, 3.63) is 27.7 Å². The number of urea groups is 1. The van der Waals surface area contributed by atoms with Crippen molar-refractivity contribution in [1.29, 1.82) is 0 Å². The molecule has 0 aromatic heterocycles. The lowest BCUT2D eigenvalue weighted by atomic mass is 10.3. The van der Waals surface area contributed by atoms with Gasteiger partial charge in [-0.05, 0) is 41.1 Å². The molecule has 0 fully saturated rings. The summed E-state index contributed by atoms with van der Waals surface area (Å²) in [4.78, 5) is 13.1. The summed E-state index contributed by atoms with van der Waals surface area (Å²) in [5.41, 5.74) is 0.674. The van der Waals surface area contributed by atoms with E-state index in [1.165, 1.54) is 0 Å². The smallest absolute Gasteiger partial charge is 0.321 e. The molecule has 0 radical (unpaired) electrons. The summed E-state index contributed by atoms with van der Waals surface area (Å²) >= 11 is 9.17. The molecule has 0 unspecified atom stereocenters. The van der Waals surface area contributed by atoms with Gasteiger partial charge < -0.3 is 10.2 Å². The van der Waals surface area contributed by atoms with Gasteiger partial charge in [0.2, 0.25) is 0 Å². The van der Waals surface area contributed by atoms with Crippen molar-refractivity contribution in [2.45, 2.75) is 6.92 Å². The highest BCUT2D eigenvalue weighted by atomic mass is 79.9. The standard InChI is InChI=1S/C10H12BrClN2O/c1-3-14(2)10(15)13-9-6-7(12)4-5-8(9)11/h4-6H,3H2,1-2H3,(H,13,15). The van der Waals surface area contributed by atoms with Crippen molar-refractivity contribution >= 4 is 39.2 Å². The van der Waals surface area contributed by atoms with Crippen molar-refractivity contribution in [3.63, 3.8) is 0 Å². The van der Waals surface area contributed by atoms with Gasteiger partial charge in [0.1, 0.15) is 0 Å². The zero-order valence-electron chi connectivity index (χ0n) is 8.55. The highest BCUT2D eigenvalue weighted by Gasteiger charge is 2.08. The van der Waals surface area contributed by atoms with Crippen LogP contribution < -0.4 is 5.32 Å². The van der Waals surface area contributed by atoms with Crippen molar-refractivity contribution < 1.29 is 4.79 Å². The van der Waals surface area contributed by atoms with Crippen LogP contribution in [0.25, 0.3) is 0 Å². The molecule has 0 heterocycles. The van der Waals surface area contributed by atoms with E-state index in [4.69, 9.17) is 11.6 Å². The van der Waals surface area contributed by atoms with Gasteiger partial charge in [0.25, 0.3) is 0 Å². The van der Waals surface area contributed by atoms with E-state index in [0.29, 0.717) is 17.3 Å². The molecule has 1 aromatic rings. The van der Waals surface area contributed by atoms with Crippen LogP contribution in [0.2, 0.25) is 5.02 Å². The minimum Gasteiger partial charge on any atom is -0.328 e. The molecular weight excluding hydrogens is 279 g/mol. The number of nitrogens with zero attached hydrogens (tertiary/aromatic N) is 1. The van der Waals surface area contributed by atoms with Gasteiger partial charge >= 0.3 is 6.03 Å². The van der Waals surface area contributed by atoms with Crippen LogP contribution in [-0.2, 0) is 0 Å². The van der Waals surface area contributed by atoms with Crippen LogP contribution >= 0.6 is 27.5 Å². The number of benzene rings is 1. The van der Waals surface area contributed by atoms with Crippen LogP contribution in [0.15, 0.2) is 22.7 Å². The predicted molar refractivity (Wildman–Crippen MR) is 66.5 cm³/mol. The van der Waals surface area contributed by atoms with Crippen LogP contribution in [0.4, 0.5) is 10.5 Å². The molecule has 0 saturated carbocycles. The molecule has 1 aromatic carbocycles. The maximum atomic E-state index is 11.6. The van der Waals surface area contributed by atoms with Crippen LogP contribution in [0.1, 0.15) is 6.92 Å². The van der Waals surface area contributed by atoms with Gasteiger partial charge in [-0.25, -0.2) is 4.79 Å². The second-order valence-corrected chi connectivity index (χ2v) is 4.36. The topological polar surface area (TPSA) is 32.3 Å². The average molecular weight is 292 g/mol. The monoisotopic (exact) mass is 290 g/mol. The molecule has 1 rings (SSSR count). The van der Waals surface area contributed by atoms with E-state index >= 15 is 0 Å². The SMILES string of the molecule is CCN(C)C(=O)Nc1cc(Cl)ccc1Br. The highest BCUT2D eigenvalue weighted by molar-refractivity contribution is 9.10. The van der Waals surface area contributed by atoms with E-state index in [9.17, 15) is 4.79 Å². The van der Waals surface area contributed by atoms with Crippen LogP contribution in [0.3, 0.4) is 0 Å². The molecule has 0 spiro atoms. The van der Waals surface area contributed by atoms with Gasteiger partial charge in [0, 0.05) is 23.1 Å². The van der Waals surface area contributed by atoms with Gasteiger partial charge in [-0.15, -0.1) is 0 Å². The van der Waals surface area contributed by atoms with Crippen LogP contribution in [-0.4, -0.2) is 24.5 Å². The Hall–Kier alpha value is -0.740. The number of nitrogens with one attached hydrogen (secondary N) is 1. The minimum absolute atomic E-state index is 0.152. The van der Waals surface area contributed by atoms with Crippen molar-refractivity contribution in [3.8, 4) is 0 Å². The molecular formula is C10H12BrClN2O. The fourth-order valence-electron chi connectivity index (χ4n) is 0.948. The van der Waals surface area contributed by atoms with E-state index in [0.717, 1.165) is 4.47 Å². The maximum Gasteiger partial charge on any atom is 0.321 e. The normalized spacial score (nSPS) is 9.87. The Morgan fingerprint density at radius 2 is 2.27 bits per heavy atom. The second-order valence-electron chi connectivity index (χ2n) is 3.07. The first-order chi connectivity index (χ1) is 7.04. The van der Waals surface area contributed by atoms with Crippen molar-refractivity contribution in [1.82, 2.24) is 4.90 Å². The van der Waals surface area contributed by atoms with E-state index in [-0.39, 0.29) is 6.03 Å². The minimum atomic E-state index is -0.152. The number of hydrogen-bond acceptors (Lipinski definition) is 1. The van der Waals surface area contributed by atoms with Gasteiger partial charge in [0.15, 0.2) is 0 Å². The van der Waals surface area contributed by atoms with E-state index in [1.54, 1.807) is 30.1 Å². The number of halogens is 2. The number of carbonyl (C=O) groups is 1. The molecule has 3 nitrogen and oxygen atoms in total. The Morgan fingerprint density at radius 1 is 1.60 bits per heavy atom. The lowest BCUT2D eigenvalue weighted by molar-refractivity contribution is 0.224. The summed E-state index contributed by atoms with van der Waals surface area (Å²) in [6, 6.07) is 5.10. The third kappa shape index (κ3) is 3.39. The first kappa shape index (κ1) is 12.3. The molecule has 15 heavy (non-hydrogen) atoms. The molecule has 0 bridgehead atoms. The van der Waals surface area contributed by atoms with Gasteiger partial charge in [-0.2, -0.15) is 0 Å². The van der Waals surface area contributed by atoms with Gasteiger partial charge in [-0.1, -0.05) is 11.6 Å². The zero-order valence-corrected chi connectivity index (χ0v) is 10.9. The Labute approximate surface area is 103 Å². The summed E-state index contributed by atoms with van der Waals surface area (Å²) < 4.78 is 0.810. The summed E-state index contributed by atoms with van der Waals surface area (Å²) in [7, 11) is 1.73. The van der Waals surface area contributed by atoms with Crippen molar-refractivity contribution in [2.75, 3.05) is 18.9 Å². The van der Waals surface area contributed by atoms with Crippen LogP contribution in [0.5, 0.6) is 0 Å². The Kier molecular flexibility index (Phi) is 4.42. The summed E-state index contributed by atoms with van der Waals surface area (Å²) in [6.45, 7) is 2.57. The summed E-state index contributed by atoms with van der Waals surface area (Å²) in [5, 5.41) is 3.35. The van der Waals surface area contributed by atoms with E-state index < -0.39 is 0 Å². The van der Waals surface area contributed by atoms with E-state index in [2.05, 4.69) is 21.2 Å².